The van der Waals surface area contributed by atoms with Crippen molar-refractivity contribution in [1.82, 2.24) is 0 Å². The molecule has 2 N–H and O–H groups in total. The Morgan fingerprint density at radius 1 is 0.955 bits per heavy atom. The maximum atomic E-state index is 10.5. The second kappa shape index (κ2) is 4.96. The van der Waals surface area contributed by atoms with Gasteiger partial charge in [-0.2, -0.15) is 0 Å². The second-order valence-electron chi connectivity index (χ2n) is 9.16. The zero-order valence-corrected chi connectivity index (χ0v) is 14.1. The van der Waals surface area contributed by atoms with Crippen LogP contribution in [-0.2, 0) is 0 Å². The maximum absolute atomic E-state index is 10.5. The van der Waals surface area contributed by atoms with Gasteiger partial charge in [-0.05, 0) is 92.3 Å². The Bertz CT molecular complexity index is 490. The lowest BCUT2D eigenvalue weighted by molar-refractivity contribution is -0.112. The topological polar surface area (TPSA) is 52.8 Å². The van der Waals surface area contributed by atoms with Gasteiger partial charge in [-0.25, -0.2) is 0 Å². The Labute approximate surface area is 134 Å². The van der Waals surface area contributed by atoms with E-state index >= 15 is 0 Å². The number of hydrogen-bond donors (Lipinski definition) is 2. The van der Waals surface area contributed by atoms with E-state index < -0.39 is 0 Å². The molecule has 4 aliphatic carbocycles. The van der Waals surface area contributed by atoms with Gasteiger partial charge in [-0.3, -0.25) is 0 Å². The summed E-state index contributed by atoms with van der Waals surface area (Å²) < 4.78 is 0. The molecule has 0 aromatic rings. The second-order valence-corrected chi connectivity index (χ2v) is 9.16. The predicted molar refractivity (Wildman–Crippen MR) is 87.0 cm³/mol. The summed E-state index contributed by atoms with van der Waals surface area (Å²) in [6.45, 7) is 4.88. The fourth-order valence-electron chi connectivity index (χ4n) is 7.12. The highest BCUT2D eigenvalue weighted by Gasteiger charge is 2.59. The maximum Gasteiger partial charge on any atom is 0.0596 e. The van der Waals surface area contributed by atoms with Gasteiger partial charge in [0.25, 0.3) is 0 Å². The number of hydrogen-bond acceptors (Lipinski definition) is 3. The molecule has 4 fully saturated rings. The van der Waals surface area contributed by atoms with E-state index in [9.17, 15) is 5.11 Å². The Kier molecular flexibility index (Phi) is 3.38. The average molecular weight is 305 g/mol. The van der Waals surface area contributed by atoms with Crippen molar-refractivity contribution in [1.29, 1.82) is 0 Å². The van der Waals surface area contributed by atoms with Gasteiger partial charge in [0.2, 0.25) is 0 Å². The van der Waals surface area contributed by atoms with Crippen LogP contribution in [0.2, 0.25) is 0 Å². The highest BCUT2D eigenvalue weighted by Crippen LogP contribution is 2.65. The third kappa shape index (κ3) is 1.87. The Morgan fingerprint density at radius 2 is 1.73 bits per heavy atom. The van der Waals surface area contributed by atoms with Crippen LogP contribution in [0.5, 0.6) is 0 Å². The first-order valence-electron chi connectivity index (χ1n) is 9.37. The minimum Gasteiger partial charge on any atom is -0.411 e. The van der Waals surface area contributed by atoms with Crippen molar-refractivity contribution in [3.05, 3.63) is 0 Å². The molecular weight excluding hydrogens is 274 g/mol. The lowest BCUT2D eigenvalue weighted by Crippen LogP contribution is -2.54. The molecule has 3 heteroatoms. The molecule has 0 heterocycles. The largest absolute Gasteiger partial charge is 0.411 e. The van der Waals surface area contributed by atoms with Crippen LogP contribution in [0, 0.1) is 34.5 Å². The number of aliphatic hydroxyl groups is 1. The fourth-order valence-corrected chi connectivity index (χ4v) is 7.12. The summed E-state index contributed by atoms with van der Waals surface area (Å²) in [5.74, 6) is 3.11. The summed E-state index contributed by atoms with van der Waals surface area (Å²) in [5.41, 5.74) is 1.65. The molecule has 0 aliphatic heterocycles. The van der Waals surface area contributed by atoms with Crippen molar-refractivity contribution in [3.63, 3.8) is 0 Å². The first kappa shape index (κ1) is 15.0. The minimum atomic E-state index is -0.0662. The Balaban J connectivity index is 1.62. The number of fused-ring (bicyclic) bond motifs is 5. The molecule has 0 saturated heterocycles. The van der Waals surface area contributed by atoms with Crippen LogP contribution in [0.4, 0.5) is 0 Å². The van der Waals surface area contributed by atoms with E-state index in [4.69, 9.17) is 5.21 Å². The number of rotatable bonds is 0. The summed E-state index contributed by atoms with van der Waals surface area (Å²) in [6.07, 6.45) is 10.5. The first-order chi connectivity index (χ1) is 10.5. The molecule has 124 valence electrons. The van der Waals surface area contributed by atoms with Gasteiger partial charge in [-0.15, -0.1) is 0 Å². The summed E-state index contributed by atoms with van der Waals surface area (Å²) in [7, 11) is 0. The third-order valence-corrected chi connectivity index (χ3v) is 8.59. The summed E-state index contributed by atoms with van der Waals surface area (Å²) in [4.78, 5) is 0. The third-order valence-electron chi connectivity index (χ3n) is 8.59. The molecule has 3 nitrogen and oxygen atoms in total. The first-order valence-corrected chi connectivity index (χ1v) is 9.37. The Hall–Kier alpha value is -0.570. The van der Waals surface area contributed by atoms with Crippen LogP contribution in [0.15, 0.2) is 5.16 Å². The SMILES string of the molecule is C[C@]12CC/C(=N/O)C[C@@H]1CC[C@@H]1[C@H]2CC[C@@]2(C)[C@@H]1CC[C@@H]2O. The smallest absolute Gasteiger partial charge is 0.0596 e. The van der Waals surface area contributed by atoms with Gasteiger partial charge >= 0.3 is 0 Å². The standard InChI is InChI=1S/C19H31NO2/c1-18-9-7-13(20-22)11-12(18)3-4-14-15-5-6-17(21)19(15,2)10-8-16(14)18/h12,14-17,21-22H,3-11H2,1-2H3/b20-13-/t12-,14-,15+,16+,17-,18-,19-/m0/s1. The molecule has 0 spiro atoms. The van der Waals surface area contributed by atoms with Gasteiger partial charge in [0, 0.05) is 0 Å². The van der Waals surface area contributed by atoms with E-state index in [0.717, 1.165) is 42.7 Å². The molecular formula is C19H31NO2. The van der Waals surface area contributed by atoms with Crippen LogP contribution in [-0.4, -0.2) is 22.1 Å². The molecule has 4 saturated carbocycles. The van der Waals surface area contributed by atoms with E-state index in [2.05, 4.69) is 19.0 Å². The average Bonchev–Trinajstić information content (AvgIpc) is 2.82. The lowest BCUT2D eigenvalue weighted by atomic mass is 9.45. The van der Waals surface area contributed by atoms with Gasteiger partial charge in [0.05, 0.1) is 11.8 Å². The quantitative estimate of drug-likeness (QED) is 0.520. The minimum absolute atomic E-state index is 0.0662. The molecule has 22 heavy (non-hydrogen) atoms. The van der Waals surface area contributed by atoms with Gasteiger partial charge < -0.3 is 10.3 Å². The van der Waals surface area contributed by atoms with Crippen LogP contribution in [0.3, 0.4) is 0 Å². The Morgan fingerprint density at radius 3 is 2.50 bits per heavy atom. The van der Waals surface area contributed by atoms with Crippen molar-refractivity contribution < 1.29 is 10.3 Å². The van der Waals surface area contributed by atoms with Crippen LogP contribution < -0.4 is 0 Å². The van der Waals surface area contributed by atoms with Gasteiger partial charge in [0.1, 0.15) is 0 Å². The lowest BCUT2D eigenvalue weighted by Gasteiger charge is -2.60. The van der Waals surface area contributed by atoms with E-state index in [1.54, 1.807) is 0 Å². The highest BCUT2D eigenvalue weighted by molar-refractivity contribution is 5.85. The van der Waals surface area contributed by atoms with Crippen molar-refractivity contribution in [2.45, 2.75) is 77.7 Å². The van der Waals surface area contributed by atoms with E-state index in [-0.39, 0.29) is 11.5 Å². The molecule has 7 atom stereocenters. The number of oxime groups is 1. The van der Waals surface area contributed by atoms with Crippen molar-refractivity contribution in [2.75, 3.05) is 0 Å². The van der Waals surface area contributed by atoms with Crippen molar-refractivity contribution in [3.8, 4) is 0 Å². The zero-order chi connectivity index (χ0) is 15.5. The number of nitrogens with zero attached hydrogens (tertiary/aromatic N) is 1. The molecule has 0 aromatic carbocycles. The van der Waals surface area contributed by atoms with Gasteiger partial charge in [-0.1, -0.05) is 19.0 Å². The van der Waals surface area contributed by atoms with Crippen molar-refractivity contribution in [2.24, 2.45) is 39.7 Å². The normalized spacial score (nSPS) is 56.3. The molecule has 0 bridgehead atoms. The predicted octanol–water partition coefficient (Wildman–Crippen LogP) is 4.22. The van der Waals surface area contributed by atoms with E-state index in [0.29, 0.717) is 11.3 Å². The molecule has 0 unspecified atom stereocenters. The van der Waals surface area contributed by atoms with Crippen LogP contribution in [0.1, 0.15) is 71.6 Å². The summed E-state index contributed by atoms with van der Waals surface area (Å²) >= 11 is 0. The van der Waals surface area contributed by atoms with Crippen LogP contribution >= 0.6 is 0 Å². The molecule has 0 amide bonds. The zero-order valence-electron chi connectivity index (χ0n) is 14.1. The summed E-state index contributed by atoms with van der Waals surface area (Å²) in [5, 5.41) is 23.2. The van der Waals surface area contributed by atoms with Crippen molar-refractivity contribution >= 4 is 5.71 Å². The number of aliphatic hydroxyl groups excluding tert-OH is 1. The molecule has 0 aromatic heterocycles. The molecule has 4 rings (SSSR count). The summed E-state index contributed by atoms with van der Waals surface area (Å²) in [6, 6.07) is 0. The molecule has 4 aliphatic rings. The fraction of sp³-hybridized carbons (Fsp3) is 0.947. The van der Waals surface area contributed by atoms with E-state index in [1.807, 2.05) is 0 Å². The monoisotopic (exact) mass is 305 g/mol. The van der Waals surface area contributed by atoms with Gasteiger partial charge in [0.15, 0.2) is 0 Å². The molecule has 0 radical (unpaired) electrons. The van der Waals surface area contributed by atoms with E-state index in [1.165, 1.54) is 38.5 Å². The van der Waals surface area contributed by atoms with Crippen LogP contribution in [0.25, 0.3) is 0 Å². The highest BCUT2D eigenvalue weighted by atomic mass is 16.4.